The van der Waals surface area contributed by atoms with Crippen LogP contribution in [0.5, 0.6) is 5.75 Å². The van der Waals surface area contributed by atoms with E-state index in [1.54, 1.807) is 18.2 Å². The lowest BCUT2D eigenvalue weighted by Crippen LogP contribution is -2.43. The second-order valence-corrected chi connectivity index (χ2v) is 11.8. The van der Waals surface area contributed by atoms with Gasteiger partial charge in [0, 0.05) is 31.0 Å². The number of pyridine rings is 1. The third-order valence-corrected chi connectivity index (χ3v) is 8.61. The zero-order valence-electron chi connectivity index (χ0n) is 19.5. The molecule has 0 spiro atoms. The van der Waals surface area contributed by atoms with Crippen molar-refractivity contribution in [1.29, 1.82) is 0 Å². The number of aliphatic hydroxyl groups excluding tert-OH is 1. The third kappa shape index (κ3) is 5.27. The number of anilines is 1. The lowest BCUT2D eigenvalue weighted by atomic mass is 9.83. The van der Waals surface area contributed by atoms with Gasteiger partial charge in [-0.05, 0) is 55.0 Å². The number of amides is 1. The number of β-amino-alcohol motifs (C(OH)–C–C–N with tert-alkyl or cyclic N) is 1. The molecule has 1 aromatic heterocycles. The average molecular weight is 520 g/mol. The van der Waals surface area contributed by atoms with E-state index in [-0.39, 0.29) is 5.03 Å². The van der Waals surface area contributed by atoms with Crippen molar-refractivity contribution in [1.82, 2.24) is 9.71 Å². The van der Waals surface area contributed by atoms with E-state index < -0.39 is 27.6 Å². The van der Waals surface area contributed by atoms with Gasteiger partial charge in [-0.1, -0.05) is 43.0 Å². The van der Waals surface area contributed by atoms with E-state index in [4.69, 9.17) is 16.3 Å². The van der Waals surface area contributed by atoms with Crippen LogP contribution in [-0.2, 0) is 14.8 Å². The Morgan fingerprint density at radius 2 is 1.91 bits per heavy atom. The topological polar surface area (TPSA) is 109 Å². The van der Waals surface area contributed by atoms with Crippen LogP contribution in [0.15, 0.2) is 41.4 Å². The quantitative estimate of drug-likeness (QED) is 0.573. The van der Waals surface area contributed by atoms with Gasteiger partial charge in [0.1, 0.15) is 11.6 Å². The van der Waals surface area contributed by atoms with Crippen molar-refractivity contribution < 1.29 is 23.1 Å². The van der Waals surface area contributed by atoms with E-state index in [0.29, 0.717) is 54.9 Å². The minimum absolute atomic E-state index is 0.244. The standard InChI is InChI=1S/C25H30ClN3O5S/c26-18-9-10-20(17-5-2-1-3-6-17)21(15-18)34-25(12-13-25)24(31)28-35(32,33)23-8-4-7-22(27-23)29-14-11-19(30)16-29/h4,7-10,15,17,19,30H,1-3,5-6,11-14,16H2,(H,28,31)/t19-/m0/s1. The van der Waals surface area contributed by atoms with Gasteiger partial charge >= 0.3 is 0 Å². The van der Waals surface area contributed by atoms with Crippen molar-refractivity contribution >= 4 is 33.3 Å². The van der Waals surface area contributed by atoms with Gasteiger partial charge < -0.3 is 14.7 Å². The van der Waals surface area contributed by atoms with Gasteiger partial charge in [-0.15, -0.1) is 0 Å². The van der Waals surface area contributed by atoms with Gasteiger partial charge in [0.15, 0.2) is 10.6 Å². The van der Waals surface area contributed by atoms with Crippen molar-refractivity contribution in [3.63, 3.8) is 0 Å². The van der Waals surface area contributed by atoms with Crippen molar-refractivity contribution in [3.05, 3.63) is 47.0 Å². The number of hydrogen-bond acceptors (Lipinski definition) is 7. The Morgan fingerprint density at radius 1 is 1.14 bits per heavy atom. The molecule has 35 heavy (non-hydrogen) atoms. The van der Waals surface area contributed by atoms with Crippen LogP contribution in [0.1, 0.15) is 62.8 Å². The smallest absolute Gasteiger partial charge is 0.281 e. The molecule has 2 heterocycles. The molecule has 3 fully saturated rings. The molecule has 2 saturated carbocycles. The predicted octanol–water partition coefficient (Wildman–Crippen LogP) is 3.77. The van der Waals surface area contributed by atoms with Gasteiger partial charge in [0.25, 0.3) is 15.9 Å². The number of aromatic nitrogens is 1. The lowest BCUT2D eigenvalue weighted by Gasteiger charge is -2.26. The van der Waals surface area contributed by atoms with E-state index in [9.17, 15) is 18.3 Å². The number of nitrogens with zero attached hydrogens (tertiary/aromatic N) is 2. The van der Waals surface area contributed by atoms with Crippen molar-refractivity contribution in [2.45, 2.75) is 74.0 Å². The minimum Gasteiger partial charge on any atom is -0.477 e. The average Bonchev–Trinajstić information content (AvgIpc) is 3.50. The number of halogens is 1. The summed E-state index contributed by atoms with van der Waals surface area (Å²) >= 11 is 6.24. The number of benzene rings is 1. The first kappa shape index (κ1) is 24.3. The Balaban J connectivity index is 1.33. The Bertz CT molecular complexity index is 1210. The molecule has 1 saturated heterocycles. The van der Waals surface area contributed by atoms with Crippen LogP contribution in [0.2, 0.25) is 5.02 Å². The molecule has 0 bridgehead atoms. The molecule has 0 unspecified atom stereocenters. The Labute approximate surface area is 210 Å². The van der Waals surface area contributed by atoms with E-state index in [1.807, 2.05) is 17.0 Å². The monoisotopic (exact) mass is 519 g/mol. The molecule has 10 heteroatoms. The van der Waals surface area contributed by atoms with Crippen LogP contribution in [0.3, 0.4) is 0 Å². The number of nitrogens with one attached hydrogen (secondary N) is 1. The zero-order chi connectivity index (χ0) is 24.6. The van der Waals surface area contributed by atoms with E-state index in [0.717, 1.165) is 31.2 Å². The Morgan fingerprint density at radius 3 is 2.60 bits per heavy atom. The molecule has 5 rings (SSSR count). The Hall–Kier alpha value is -2.36. The summed E-state index contributed by atoms with van der Waals surface area (Å²) in [5, 5.41) is 10.0. The van der Waals surface area contributed by atoms with Crippen molar-refractivity contribution in [3.8, 4) is 5.75 Å². The maximum Gasteiger partial charge on any atom is 0.281 e. The minimum atomic E-state index is -4.21. The zero-order valence-corrected chi connectivity index (χ0v) is 21.0. The van der Waals surface area contributed by atoms with Crippen LogP contribution < -0.4 is 14.4 Å². The number of rotatable bonds is 7. The molecule has 1 atom stereocenters. The fourth-order valence-electron chi connectivity index (χ4n) is 4.99. The highest BCUT2D eigenvalue weighted by atomic mass is 35.5. The summed E-state index contributed by atoms with van der Waals surface area (Å²) < 4.78 is 34.5. The van der Waals surface area contributed by atoms with Crippen molar-refractivity contribution in [2.75, 3.05) is 18.0 Å². The number of ether oxygens (including phenoxy) is 1. The molecule has 2 aromatic rings. The third-order valence-electron chi connectivity index (χ3n) is 7.14. The summed E-state index contributed by atoms with van der Waals surface area (Å²) in [5.41, 5.74) is -0.212. The van der Waals surface area contributed by atoms with Gasteiger partial charge in [-0.3, -0.25) is 4.79 Å². The van der Waals surface area contributed by atoms with Crippen LogP contribution in [0.25, 0.3) is 0 Å². The fraction of sp³-hybridized carbons (Fsp3) is 0.520. The molecule has 3 aliphatic rings. The first-order chi connectivity index (χ1) is 16.8. The van der Waals surface area contributed by atoms with E-state index in [1.165, 1.54) is 12.5 Å². The number of sulfonamides is 1. The summed E-state index contributed by atoms with van der Waals surface area (Å²) in [4.78, 5) is 19.2. The van der Waals surface area contributed by atoms with Crippen LogP contribution in [0.4, 0.5) is 5.82 Å². The maximum absolute atomic E-state index is 13.2. The highest BCUT2D eigenvalue weighted by Crippen LogP contribution is 2.45. The van der Waals surface area contributed by atoms with Crippen LogP contribution >= 0.6 is 11.6 Å². The Kier molecular flexibility index (Phi) is 6.67. The summed E-state index contributed by atoms with van der Waals surface area (Å²) in [5.74, 6) is 0.651. The second-order valence-electron chi connectivity index (χ2n) is 9.77. The molecule has 0 radical (unpaired) electrons. The SMILES string of the molecule is O=C(NS(=O)(=O)c1cccc(N2CC[C@H](O)C2)n1)C1(Oc2cc(Cl)ccc2C2CCCCC2)CC1. The molecule has 1 aromatic carbocycles. The summed E-state index contributed by atoms with van der Waals surface area (Å²) in [6.45, 7) is 0.979. The predicted molar refractivity (Wildman–Crippen MR) is 132 cm³/mol. The molecule has 2 N–H and O–H groups in total. The first-order valence-corrected chi connectivity index (χ1v) is 14.1. The highest BCUT2D eigenvalue weighted by Gasteiger charge is 2.54. The summed E-state index contributed by atoms with van der Waals surface area (Å²) in [6, 6.07) is 10.1. The van der Waals surface area contributed by atoms with Gasteiger partial charge in [-0.2, -0.15) is 8.42 Å². The normalized spacial score (nSPS) is 22.1. The number of aliphatic hydroxyl groups is 1. The summed E-state index contributed by atoms with van der Waals surface area (Å²) in [6.07, 6.45) is 6.61. The molecule has 2 aliphatic carbocycles. The second kappa shape index (κ2) is 9.59. The molecule has 8 nitrogen and oxygen atoms in total. The number of carbonyl (C=O) groups excluding carboxylic acids is 1. The van der Waals surface area contributed by atoms with Crippen LogP contribution in [-0.4, -0.2) is 49.2 Å². The lowest BCUT2D eigenvalue weighted by molar-refractivity contribution is -0.128. The van der Waals surface area contributed by atoms with Crippen molar-refractivity contribution in [2.24, 2.45) is 0 Å². The van der Waals surface area contributed by atoms with E-state index >= 15 is 0 Å². The van der Waals surface area contributed by atoms with Gasteiger partial charge in [0.05, 0.1) is 6.10 Å². The maximum atomic E-state index is 13.2. The molecular formula is C25H30ClN3O5S. The first-order valence-electron chi connectivity index (χ1n) is 12.2. The molecule has 188 valence electrons. The fourth-order valence-corrected chi connectivity index (χ4v) is 6.16. The van der Waals surface area contributed by atoms with Gasteiger partial charge in [0.2, 0.25) is 0 Å². The molecule has 1 amide bonds. The number of hydrogen-bond donors (Lipinski definition) is 2. The summed E-state index contributed by atoms with van der Waals surface area (Å²) in [7, 11) is -4.21. The van der Waals surface area contributed by atoms with Gasteiger partial charge in [-0.25, -0.2) is 9.71 Å². The van der Waals surface area contributed by atoms with Crippen LogP contribution in [0, 0.1) is 0 Å². The highest BCUT2D eigenvalue weighted by molar-refractivity contribution is 7.90. The molecular weight excluding hydrogens is 490 g/mol. The molecule has 1 aliphatic heterocycles. The largest absolute Gasteiger partial charge is 0.477 e. The number of carbonyl (C=O) groups is 1. The van der Waals surface area contributed by atoms with E-state index in [2.05, 4.69) is 9.71 Å².